The SMILES string of the molecule is Cc1ccc(S(=O)(=O)Nc2ccc(Nc3nccn4cc(C5C=Cc6ccccc6C5)nc34)cc2)cc1. The number of benzene rings is 3. The Hall–Kier alpha value is -4.43. The molecule has 7 nitrogen and oxygen atoms in total. The molecule has 1 aliphatic rings. The molecule has 8 heteroatoms. The van der Waals surface area contributed by atoms with E-state index in [1.807, 2.05) is 35.9 Å². The molecular weight excluding hydrogens is 482 g/mol. The molecule has 5 aromatic rings. The number of anilines is 3. The van der Waals surface area contributed by atoms with Crippen LogP contribution in [0, 0.1) is 6.92 Å². The Morgan fingerprint density at radius 2 is 1.70 bits per heavy atom. The van der Waals surface area contributed by atoms with Gasteiger partial charge in [-0.15, -0.1) is 0 Å². The van der Waals surface area contributed by atoms with E-state index in [1.165, 1.54) is 11.1 Å². The fourth-order valence-corrected chi connectivity index (χ4v) is 5.56. The second-order valence-corrected chi connectivity index (χ2v) is 10.8. The van der Waals surface area contributed by atoms with Crippen LogP contribution in [-0.2, 0) is 16.4 Å². The Labute approximate surface area is 215 Å². The van der Waals surface area contributed by atoms with E-state index in [0.717, 1.165) is 29.0 Å². The van der Waals surface area contributed by atoms with Crippen LogP contribution in [0.1, 0.15) is 28.3 Å². The number of hydrogen-bond donors (Lipinski definition) is 2. The van der Waals surface area contributed by atoms with E-state index < -0.39 is 10.0 Å². The summed E-state index contributed by atoms with van der Waals surface area (Å²) in [7, 11) is -3.66. The van der Waals surface area contributed by atoms with E-state index in [1.54, 1.807) is 42.6 Å². The predicted molar refractivity (Wildman–Crippen MR) is 147 cm³/mol. The average molecular weight is 508 g/mol. The highest BCUT2D eigenvalue weighted by molar-refractivity contribution is 7.92. The van der Waals surface area contributed by atoms with E-state index in [-0.39, 0.29) is 10.8 Å². The van der Waals surface area contributed by atoms with Crippen LogP contribution in [0.4, 0.5) is 17.2 Å². The van der Waals surface area contributed by atoms with Gasteiger partial charge in [-0.3, -0.25) is 4.72 Å². The van der Waals surface area contributed by atoms with Crippen molar-refractivity contribution in [2.75, 3.05) is 10.0 Å². The summed E-state index contributed by atoms with van der Waals surface area (Å²) in [5.41, 5.74) is 6.55. The summed E-state index contributed by atoms with van der Waals surface area (Å²) in [6.45, 7) is 1.92. The minimum Gasteiger partial charge on any atom is -0.337 e. The van der Waals surface area contributed by atoms with Gasteiger partial charge in [0.1, 0.15) is 0 Å². The molecule has 0 spiro atoms. The van der Waals surface area contributed by atoms with Crippen LogP contribution < -0.4 is 10.0 Å². The predicted octanol–water partition coefficient (Wildman–Crippen LogP) is 5.94. The molecule has 0 aliphatic heterocycles. The van der Waals surface area contributed by atoms with E-state index >= 15 is 0 Å². The van der Waals surface area contributed by atoms with Crippen LogP contribution in [0.25, 0.3) is 11.7 Å². The third kappa shape index (κ3) is 4.71. The number of nitrogens with one attached hydrogen (secondary N) is 2. The molecule has 1 aliphatic carbocycles. The second kappa shape index (κ2) is 9.22. The molecule has 184 valence electrons. The fourth-order valence-electron chi connectivity index (χ4n) is 4.51. The highest BCUT2D eigenvalue weighted by Gasteiger charge is 2.19. The van der Waals surface area contributed by atoms with Crippen molar-refractivity contribution in [1.29, 1.82) is 0 Å². The van der Waals surface area contributed by atoms with Crippen LogP contribution >= 0.6 is 0 Å². The normalized spacial score (nSPS) is 14.9. The monoisotopic (exact) mass is 507 g/mol. The zero-order chi connectivity index (χ0) is 25.4. The van der Waals surface area contributed by atoms with Crippen LogP contribution in [0.3, 0.4) is 0 Å². The Balaban J connectivity index is 1.20. The molecule has 0 fully saturated rings. The van der Waals surface area contributed by atoms with Crippen LogP contribution in [-0.4, -0.2) is 22.8 Å². The molecule has 3 aromatic carbocycles. The lowest BCUT2D eigenvalue weighted by molar-refractivity contribution is 0.601. The number of imidazole rings is 1. The van der Waals surface area contributed by atoms with Crippen LogP contribution in [0.15, 0.2) is 102 Å². The summed E-state index contributed by atoms with van der Waals surface area (Å²) in [6.07, 6.45) is 11.0. The third-order valence-corrected chi connectivity index (χ3v) is 7.90. The van der Waals surface area contributed by atoms with Gasteiger partial charge in [-0.05, 0) is 60.9 Å². The number of hydrogen-bond acceptors (Lipinski definition) is 5. The minimum atomic E-state index is -3.66. The molecule has 0 saturated carbocycles. The standard InChI is InChI=1S/C29H25N5O2S/c1-20-6-14-26(15-7-20)37(35,36)33-25-12-10-24(11-13-25)31-28-29-32-27(19-34(29)17-16-30-28)23-9-8-21-4-2-3-5-22(21)18-23/h2-17,19,23,33H,18H2,1H3,(H,30,31). The maximum Gasteiger partial charge on any atom is 0.261 e. The summed E-state index contributed by atoms with van der Waals surface area (Å²) in [4.78, 5) is 9.63. The Morgan fingerprint density at radius 3 is 2.51 bits per heavy atom. The van der Waals surface area contributed by atoms with Gasteiger partial charge in [-0.25, -0.2) is 18.4 Å². The quantitative estimate of drug-likeness (QED) is 0.297. The van der Waals surface area contributed by atoms with Gasteiger partial charge in [0.25, 0.3) is 10.0 Å². The van der Waals surface area contributed by atoms with Gasteiger partial charge in [0.15, 0.2) is 11.5 Å². The van der Waals surface area contributed by atoms with Crippen LogP contribution in [0.5, 0.6) is 0 Å². The Kier molecular flexibility index (Phi) is 5.73. The highest BCUT2D eigenvalue weighted by atomic mass is 32.2. The lowest BCUT2D eigenvalue weighted by atomic mass is 9.88. The van der Waals surface area contributed by atoms with Crippen molar-refractivity contribution >= 4 is 38.9 Å². The van der Waals surface area contributed by atoms with Crippen molar-refractivity contribution in [3.05, 3.63) is 120 Å². The summed E-state index contributed by atoms with van der Waals surface area (Å²) in [5.74, 6) is 0.824. The smallest absolute Gasteiger partial charge is 0.261 e. The van der Waals surface area contributed by atoms with Crippen molar-refractivity contribution in [3.8, 4) is 0 Å². The number of allylic oxidation sites excluding steroid dienone is 1. The van der Waals surface area contributed by atoms with Crippen molar-refractivity contribution in [2.45, 2.75) is 24.2 Å². The number of nitrogens with zero attached hydrogens (tertiary/aromatic N) is 3. The lowest BCUT2D eigenvalue weighted by Crippen LogP contribution is -2.12. The molecule has 6 rings (SSSR count). The summed E-state index contributed by atoms with van der Waals surface area (Å²) < 4.78 is 30.0. The van der Waals surface area contributed by atoms with Gasteiger partial charge >= 0.3 is 0 Å². The largest absolute Gasteiger partial charge is 0.337 e. The fraction of sp³-hybridized carbons (Fsp3) is 0.103. The van der Waals surface area contributed by atoms with E-state index in [4.69, 9.17) is 4.98 Å². The van der Waals surface area contributed by atoms with Crippen molar-refractivity contribution in [1.82, 2.24) is 14.4 Å². The number of fused-ring (bicyclic) bond motifs is 2. The molecule has 0 saturated heterocycles. The third-order valence-electron chi connectivity index (χ3n) is 6.51. The first-order valence-corrected chi connectivity index (χ1v) is 13.5. The van der Waals surface area contributed by atoms with E-state index in [9.17, 15) is 8.42 Å². The van der Waals surface area contributed by atoms with E-state index in [2.05, 4.69) is 51.4 Å². The molecule has 2 aromatic heterocycles. The molecular formula is C29H25N5O2S. The van der Waals surface area contributed by atoms with Crippen molar-refractivity contribution in [3.63, 3.8) is 0 Å². The highest BCUT2D eigenvalue weighted by Crippen LogP contribution is 2.31. The summed E-state index contributed by atoms with van der Waals surface area (Å²) in [5, 5.41) is 3.32. The second-order valence-electron chi connectivity index (χ2n) is 9.16. The Bertz CT molecular complexity index is 1720. The molecule has 2 N–H and O–H groups in total. The van der Waals surface area contributed by atoms with E-state index in [0.29, 0.717) is 11.5 Å². The van der Waals surface area contributed by atoms with Gasteiger partial charge < -0.3 is 9.72 Å². The summed E-state index contributed by atoms with van der Waals surface area (Å²) in [6, 6.07) is 22.2. The first-order valence-electron chi connectivity index (χ1n) is 12.0. The average Bonchev–Trinajstić information content (AvgIpc) is 3.35. The molecule has 37 heavy (non-hydrogen) atoms. The molecule has 0 radical (unpaired) electrons. The van der Waals surface area contributed by atoms with Gasteiger partial charge in [0.2, 0.25) is 0 Å². The minimum absolute atomic E-state index is 0.198. The first-order chi connectivity index (χ1) is 17.9. The summed E-state index contributed by atoms with van der Waals surface area (Å²) >= 11 is 0. The zero-order valence-electron chi connectivity index (χ0n) is 20.2. The van der Waals surface area contributed by atoms with Crippen LogP contribution in [0.2, 0.25) is 0 Å². The van der Waals surface area contributed by atoms with Gasteiger partial charge in [0, 0.05) is 35.9 Å². The van der Waals surface area contributed by atoms with Gasteiger partial charge in [-0.2, -0.15) is 0 Å². The molecule has 0 amide bonds. The Morgan fingerprint density at radius 1 is 0.946 bits per heavy atom. The number of rotatable bonds is 6. The van der Waals surface area contributed by atoms with Gasteiger partial charge in [0.05, 0.1) is 10.6 Å². The molecule has 1 unspecified atom stereocenters. The maximum atomic E-state index is 12.7. The van der Waals surface area contributed by atoms with Gasteiger partial charge in [-0.1, -0.05) is 54.1 Å². The maximum absolute atomic E-state index is 12.7. The number of sulfonamides is 1. The van der Waals surface area contributed by atoms with Crippen molar-refractivity contribution in [2.24, 2.45) is 0 Å². The number of aromatic nitrogens is 3. The topological polar surface area (TPSA) is 88.4 Å². The number of aryl methyl sites for hydroxylation is 1. The molecule has 0 bridgehead atoms. The first kappa shape index (κ1) is 23.0. The molecule has 2 heterocycles. The van der Waals surface area contributed by atoms with Crippen molar-refractivity contribution < 1.29 is 8.42 Å². The lowest BCUT2D eigenvalue weighted by Gasteiger charge is -2.17. The zero-order valence-corrected chi connectivity index (χ0v) is 21.0. The molecule has 1 atom stereocenters.